The summed E-state index contributed by atoms with van der Waals surface area (Å²) in [5, 5.41) is 3.48. The molecule has 2 saturated heterocycles. The van der Waals surface area contributed by atoms with Crippen LogP contribution in [-0.4, -0.2) is 31.2 Å². The number of nitrogens with zero attached hydrogens (tertiary/aromatic N) is 2. The van der Waals surface area contributed by atoms with E-state index in [1.165, 1.54) is 57.5 Å². The molecule has 1 spiro atoms. The van der Waals surface area contributed by atoms with Crippen LogP contribution in [0.5, 0.6) is 0 Å². The standard InChI is InChI=1S/C14H21N3/c1-2-13(12-16-7-1)17-10-5-14(6-11-17)3-8-15-9-4-14/h1-2,7,12,15H,3-6,8-11H2. The summed E-state index contributed by atoms with van der Waals surface area (Å²) in [4.78, 5) is 6.70. The van der Waals surface area contributed by atoms with Crippen LogP contribution in [0.4, 0.5) is 5.69 Å². The van der Waals surface area contributed by atoms with Crippen molar-refractivity contribution < 1.29 is 0 Å². The molecule has 1 N–H and O–H groups in total. The minimum absolute atomic E-state index is 0.643. The van der Waals surface area contributed by atoms with Gasteiger partial charge in [0.15, 0.2) is 0 Å². The lowest BCUT2D eigenvalue weighted by Crippen LogP contribution is -2.45. The van der Waals surface area contributed by atoms with Gasteiger partial charge in [-0.05, 0) is 56.3 Å². The van der Waals surface area contributed by atoms with Crippen LogP contribution in [0.15, 0.2) is 24.5 Å². The highest BCUT2D eigenvalue weighted by Gasteiger charge is 2.35. The molecule has 3 heterocycles. The normalized spacial score (nSPS) is 23.9. The Balaban J connectivity index is 1.64. The Morgan fingerprint density at radius 2 is 1.88 bits per heavy atom. The molecule has 92 valence electrons. The first-order chi connectivity index (χ1) is 8.38. The zero-order valence-corrected chi connectivity index (χ0v) is 10.4. The van der Waals surface area contributed by atoms with E-state index >= 15 is 0 Å². The van der Waals surface area contributed by atoms with Gasteiger partial charge in [-0.25, -0.2) is 0 Å². The van der Waals surface area contributed by atoms with Crippen LogP contribution in [0.3, 0.4) is 0 Å². The summed E-state index contributed by atoms with van der Waals surface area (Å²) in [6.07, 6.45) is 9.27. The number of rotatable bonds is 1. The van der Waals surface area contributed by atoms with E-state index < -0.39 is 0 Å². The third kappa shape index (κ3) is 2.29. The third-order valence-corrected chi connectivity index (χ3v) is 4.50. The Morgan fingerprint density at radius 3 is 2.53 bits per heavy atom. The van der Waals surface area contributed by atoms with Crippen LogP contribution < -0.4 is 10.2 Å². The molecule has 17 heavy (non-hydrogen) atoms. The number of anilines is 1. The predicted octanol–water partition coefficient (Wildman–Crippen LogP) is 2.05. The smallest absolute Gasteiger partial charge is 0.0552 e. The SMILES string of the molecule is c1cncc(N2CCC3(CCNCC3)CC2)c1. The van der Waals surface area contributed by atoms with Gasteiger partial charge in [-0.1, -0.05) is 0 Å². The van der Waals surface area contributed by atoms with E-state index in [1.54, 1.807) is 0 Å². The van der Waals surface area contributed by atoms with E-state index in [4.69, 9.17) is 0 Å². The Kier molecular flexibility index (Phi) is 3.02. The Bertz CT molecular complexity index is 347. The van der Waals surface area contributed by atoms with Gasteiger partial charge in [0.05, 0.1) is 11.9 Å². The molecule has 3 heteroatoms. The number of piperidine rings is 2. The molecule has 0 saturated carbocycles. The number of pyridine rings is 1. The lowest BCUT2D eigenvalue weighted by atomic mass is 9.71. The van der Waals surface area contributed by atoms with Gasteiger partial charge >= 0.3 is 0 Å². The monoisotopic (exact) mass is 231 g/mol. The molecule has 3 rings (SSSR count). The first kappa shape index (κ1) is 11.0. The molecule has 0 atom stereocenters. The molecule has 0 aliphatic carbocycles. The lowest BCUT2D eigenvalue weighted by molar-refractivity contribution is 0.155. The maximum atomic E-state index is 4.21. The molecular formula is C14H21N3. The number of nitrogens with one attached hydrogen (secondary N) is 1. The van der Waals surface area contributed by atoms with Crippen LogP contribution in [0.25, 0.3) is 0 Å². The largest absolute Gasteiger partial charge is 0.370 e. The van der Waals surface area contributed by atoms with Crippen molar-refractivity contribution in [3.8, 4) is 0 Å². The first-order valence-corrected chi connectivity index (χ1v) is 6.74. The Labute approximate surface area is 103 Å². The predicted molar refractivity (Wildman–Crippen MR) is 70.2 cm³/mol. The zero-order valence-electron chi connectivity index (χ0n) is 10.4. The highest BCUT2D eigenvalue weighted by atomic mass is 15.1. The van der Waals surface area contributed by atoms with E-state index in [-0.39, 0.29) is 0 Å². The molecule has 2 aliphatic rings. The second-order valence-electron chi connectivity index (χ2n) is 5.45. The van der Waals surface area contributed by atoms with Gasteiger partial charge in [0, 0.05) is 19.3 Å². The number of aromatic nitrogens is 1. The summed E-state index contributed by atoms with van der Waals surface area (Å²) < 4.78 is 0. The fourth-order valence-corrected chi connectivity index (χ4v) is 3.24. The van der Waals surface area contributed by atoms with Crippen molar-refractivity contribution in [2.45, 2.75) is 25.7 Å². The Morgan fingerprint density at radius 1 is 1.12 bits per heavy atom. The number of hydrogen-bond donors (Lipinski definition) is 1. The van der Waals surface area contributed by atoms with E-state index in [9.17, 15) is 0 Å². The lowest BCUT2D eigenvalue weighted by Gasteiger charge is -2.45. The van der Waals surface area contributed by atoms with Crippen LogP contribution >= 0.6 is 0 Å². The molecular weight excluding hydrogens is 210 g/mol. The molecule has 1 aromatic heterocycles. The van der Waals surface area contributed by atoms with E-state index in [0.29, 0.717) is 5.41 Å². The van der Waals surface area contributed by atoms with Crippen molar-refractivity contribution in [3.05, 3.63) is 24.5 Å². The molecule has 0 aromatic carbocycles. The van der Waals surface area contributed by atoms with E-state index in [2.05, 4.69) is 21.3 Å². The summed E-state index contributed by atoms with van der Waals surface area (Å²) >= 11 is 0. The van der Waals surface area contributed by atoms with Crippen molar-refractivity contribution in [3.63, 3.8) is 0 Å². The molecule has 2 aliphatic heterocycles. The summed E-state index contributed by atoms with van der Waals surface area (Å²) in [6.45, 7) is 4.83. The minimum Gasteiger partial charge on any atom is -0.370 e. The molecule has 3 nitrogen and oxygen atoms in total. The van der Waals surface area contributed by atoms with Crippen LogP contribution in [-0.2, 0) is 0 Å². The molecule has 1 aromatic rings. The highest BCUT2D eigenvalue weighted by Crippen LogP contribution is 2.40. The van der Waals surface area contributed by atoms with Crippen molar-refractivity contribution in [1.29, 1.82) is 0 Å². The average molecular weight is 231 g/mol. The van der Waals surface area contributed by atoms with Crippen molar-refractivity contribution in [2.24, 2.45) is 5.41 Å². The van der Waals surface area contributed by atoms with Crippen LogP contribution in [0.1, 0.15) is 25.7 Å². The third-order valence-electron chi connectivity index (χ3n) is 4.50. The van der Waals surface area contributed by atoms with Gasteiger partial charge in [-0.3, -0.25) is 4.98 Å². The second kappa shape index (κ2) is 4.65. The quantitative estimate of drug-likeness (QED) is 0.802. The zero-order chi connectivity index (χ0) is 11.6. The van der Waals surface area contributed by atoms with Gasteiger partial charge in [0.2, 0.25) is 0 Å². The second-order valence-corrected chi connectivity index (χ2v) is 5.45. The van der Waals surface area contributed by atoms with Crippen molar-refractivity contribution in [2.75, 3.05) is 31.1 Å². The Hall–Kier alpha value is -1.09. The maximum absolute atomic E-state index is 4.21. The summed E-state index contributed by atoms with van der Waals surface area (Å²) in [5.41, 5.74) is 1.93. The van der Waals surface area contributed by atoms with Crippen molar-refractivity contribution >= 4 is 5.69 Å². The molecule has 0 radical (unpaired) electrons. The van der Waals surface area contributed by atoms with Gasteiger partial charge < -0.3 is 10.2 Å². The number of hydrogen-bond acceptors (Lipinski definition) is 3. The van der Waals surface area contributed by atoms with E-state index in [0.717, 1.165) is 0 Å². The van der Waals surface area contributed by atoms with Crippen LogP contribution in [0, 0.1) is 5.41 Å². The van der Waals surface area contributed by atoms with Gasteiger partial charge in [-0.2, -0.15) is 0 Å². The van der Waals surface area contributed by atoms with Crippen molar-refractivity contribution in [1.82, 2.24) is 10.3 Å². The summed E-state index contributed by atoms with van der Waals surface area (Å²) in [6, 6.07) is 4.21. The van der Waals surface area contributed by atoms with E-state index in [1.807, 2.05) is 18.5 Å². The maximum Gasteiger partial charge on any atom is 0.0552 e. The summed E-state index contributed by atoms with van der Waals surface area (Å²) in [7, 11) is 0. The average Bonchev–Trinajstić information content (AvgIpc) is 2.42. The molecule has 0 unspecified atom stereocenters. The fourth-order valence-electron chi connectivity index (χ4n) is 3.24. The molecule has 0 amide bonds. The highest BCUT2D eigenvalue weighted by molar-refractivity contribution is 5.44. The van der Waals surface area contributed by atoms with Crippen LogP contribution in [0.2, 0.25) is 0 Å². The van der Waals surface area contributed by atoms with Gasteiger partial charge in [0.1, 0.15) is 0 Å². The molecule has 0 bridgehead atoms. The minimum atomic E-state index is 0.643. The van der Waals surface area contributed by atoms with Gasteiger partial charge in [0.25, 0.3) is 0 Å². The summed E-state index contributed by atoms with van der Waals surface area (Å²) in [5.74, 6) is 0. The first-order valence-electron chi connectivity index (χ1n) is 6.74. The topological polar surface area (TPSA) is 28.2 Å². The molecule has 2 fully saturated rings. The fraction of sp³-hybridized carbons (Fsp3) is 0.643. The van der Waals surface area contributed by atoms with Gasteiger partial charge in [-0.15, -0.1) is 0 Å².